The van der Waals surface area contributed by atoms with Crippen molar-refractivity contribution in [3.05, 3.63) is 48.6 Å². The van der Waals surface area contributed by atoms with Gasteiger partial charge in [-0.25, -0.2) is 4.79 Å². The van der Waals surface area contributed by atoms with Crippen molar-refractivity contribution in [1.29, 1.82) is 0 Å². The molecule has 0 saturated carbocycles. The number of esters is 2. The smallest absolute Gasteiger partial charge is 0.361 e. The van der Waals surface area contributed by atoms with E-state index in [-0.39, 0.29) is 32.2 Å². The Morgan fingerprint density at radius 2 is 0.740 bits per heavy atom. The predicted molar refractivity (Wildman–Crippen MR) is 309 cm³/mol. The predicted octanol–water partition coefficient (Wildman–Crippen LogP) is 18.2. The molecule has 0 aliphatic heterocycles. The van der Waals surface area contributed by atoms with Crippen LogP contribution in [0.25, 0.3) is 0 Å². The number of likely N-dealkylation sites (N-methyl/N-ethyl adjacent to an activating group) is 1. The maximum Gasteiger partial charge on any atom is 0.361 e. The number of quaternary nitrogens is 1. The summed E-state index contributed by atoms with van der Waals surface area (Å²) in [4.78, 5) is 37.5. The summed E-state index contributed by atoms with van der Waals surface area (Å²) < 4.78 is 22.9. The quantitative estimate of drug-likeness (QED) is 0.0211. The number of carboxylic acid groups (broad SMARTS) is 1. The number of rotatable bonds is 57. The van der Waals surface area contributed by atoms with E-state index in [1.54, 1.807) is 0 Å². The van der Waals surface area contributed by atoms with Crippen LogP contribution in [0.2, 0.25) is 0 Å². The molecule has 426 valence electrons. The third-order valence-corrected chi connectivity index (χ3v) is 13.6. The average molecular weight is 1030 g/mol. The number of carbonyl (C=O) groups is 3. The third-order valence-electron chi connectivity index (χ3n) is 13.6. The highest BCUT2D eigenvalue weighted by atomic mass is 16.7. The molecule has 0 bridgehead atoms. The van der Waals surface area contributed by atoms with Gasteiger partial charge in [-0.15, -0.1) is 0 Å². The van der Waals surface area contributed by atoms with E-state index in [1.165, 1.54) is 205 Å². The maximum atomic E-state index is 12.9. The van der Waals surface area contributed by atoms with E-state index in [1.807, 2.05) is 21.1 Å². The lowest BCUT2D eigenvalue weighted by Gasteiger charge is -2.25. The van der Waals surface area contributed by atoms with Gasteiger partial charge in [-0.1, -0.05) is 242 Å². The van der Waals surface area contributed by atoms with Gasteiger partial charge < -0.3 is 28.5 Å². The van der Waals surface area contributed by atoms with E-state index < -0.39 is 24.3 Å². The number of aliphatic carboxylic acids is 1. The number of unbranched alkanes of at least 4 members (excludes halogenated alkanes) is 34. The van der Waals surface area contributed by atoms with Gasteiger partial charge in [0.25, 0.3) is 6.29 Å². The Morgan fingerprint density at radius 1 is 0.411 bits per heavy atom. The zero-order valence-electron chi connectivity index (χ0n) is 48.6. The first-order chi connectivity index (χ1) is 35.6. The second-order valence-electron chi connectivity index (χ2n) is 22.0. The minimum Gasteiger partial charge on any atom is -0.477 e. The van der Waals surface area contributed by atoms with E-state index in [2.05, 4.69) is 62.5 Å². The molecule has 0 saturated heterocycles. The van der Waals surface area contributed by atoms with E-state index in [0.717, 1.165) is 51.4 Å². The Hall–Kier alpha value is -2.75. The molecule has 0 aromatic carbocycles. The first-order valence-corrected chi connectivity index (χ1v) is 30.8. The largest absolute Gasteiger partial charge is 0.477 e. The van der Waals surface area contributed by atoms with Crippen LogP contribution in [0.15, 0.2) is 48.6 Å². The van der Waals surface area contributed by atoms with Gasteiger partial charge in [-0.2, -0.15) is 0 Å². The fraction of sp³-hybridized carbons (Fsp3) is 0.828. The standard InChI is InChI=1S/C64H117NO8/c1-6-8-10-12-14-16-18-20-22-24-26-28-30-31-33-35-37-39-41-43-45-47-49-51-53-55-62(67)73-60(59-72-64(63(68)69)70-57-56-65(3,4)5)58-71-61(66)54-52-50-48-46-44-42-40-38-36-34-32-29-27-25-23-21-19-17-15-13-11-9-7-2/h18-21,24-27,60,64H,6-17,22-23,28-59H2,1-5H3/p+1/b20-18-,21-19-,26-24-,27-25-. The number of carboxylic acids is 1. The molecule has 9 heteroatoms. The van der Waals surface area contributed by atoms with Crippen LogP contribution >= 0.6 is 0 Å². The van der Waals surface area contributed by atoms with Crippen molar-refractivity contribution in [2.24, 2.45) is 0 Å². The van der Waals surface area contributed by atoms with Crippen molar-refractivity contribution in [1.82, 2.24) is 0 Å². The van der Waals surface area contributed by atoms with Crippen molar-refractivity contribution in [3.8, 4) is 0 Å². The highest BCUT2D eigenvalue weighted by Crippen LogP contribution is 2.17. The lowest BCUT2D eigenvalue weighted by molar-refractivity contribution is -0.870. The summed E-state index contributed by atoms with van der Waals surface area (Å²) in [7, 11) is 5.98. The van der Waals surface area contributed by atoms with Gasteiger partial charge in [-0.3, -0.25) is 9.59 Å². The first kappa shape index (κ1) is 70.2. The summed E-state index contributed by atoms with van der Waals surface area (Å²) in [6.45, 7) is 4.89. The normalized spacial score (nSPS) is 13.1. The Morgan fingerprint density at radius 3 is 1.08 bits per heavy atom. The molecule has 0 spiro atoms. The third kappa shape index (κ3) is 56.8. The SMILES string of the molecule is CCCCCCC/C=C\C/C=C\CCCCCCCCCCCCCCCC(=O)OC(COC(=O)CCCCCCCCCCCCC/C=C\C/C=C\CCCCCCC)COC(OCC[N+](C)(C)C)C(=O)O. The van der Waals surface area contributed by atoms with Gasteiger partial charge in [0.05, 0.1) is 34.4 Å². The summed E-state index contributed by atoms with van der Waals surface area (Å²) in [6.07, 6.45) is 66.2. The molecule has 0 fully saturated rings. The number of hydrogen-bond donors (Lipinski definition) is 1. The number of carbonyl (C=O) groups excluding carboxylic acids is 2. The highest BCUT2D eigenvalue weighted by Gasteiger charge is 2.25. The summed E-state index contributed by atoms with van der Waals surface area (Å²) in [5.74, 6) is -2.00. The number of ether oxygens (including phenoxy) is 4. The van der Waals surface area contributed by atoms with Crippen LogP contribution in [-0.4, -0.2) is 87.4 Å². The van der Waals surface area contributed by atoms with Crippen LogP contribution in [0.3, 0.4) is 0 Å². The van der Waals surface area contributed by atoms with Crippen molar-refractivity contribution in [2.75, 3.05) is 47.5 Å². The molecule has 9 nitrogen and oxygen atoms in total. The van der Waals surface area contributed by atoms with E-state index in [0.29, 0.717) is 17.4 Å². The van der Waals surface area contributed by atoms with Crippen LogP contribution in [0.1, 0.15) is 284 Å². The first-order valence-electron chi connectivity index (χ1n) is 30.8. The van der Waals surface area contributed by atoms with Crippen molar-refractivity contribution in [3.63, 3.8) is 0 Å². The maximum absolute atomic E-state index is 12.9. The summed E-state index contributed by atoms with van der Waals surface area (Å²) in [5, 5.41) is 9.72. The molecule has 0 rings (SSSR count). The molecule has 0 aromatic heterocycles. The second kappa shape index (κ2) is 55.5. The molecule has 73 heavy (non-hydrogen) atoms. The van der Waals surface area contributed by atoms with Crippen LogP contribution in [0.5, 0.6) is 0 Å². The molecule has 1 N–H and O–H groups in total. The molecule has 0 aromatic rings. The molecule has 0 heterocycles. The van der Waals surface area contributed by atoms with E-state index in [9.17, 15) is 19.5 Å². The van der Waals surface area contributed by atoms with E-state index in [4.69, 9.17) is 18.9 Å². The van der Waals surface area contributed by atoms with Gasteiger partial charge in [0.15, 0.2) is 6.10 Å². The molecule has 0 aliphatic rings. The van der Waals surface area contributed by atoms with Crippen molar-refractivity contribution >= 4 is 17.9 Å². The summed E-state index contributed by atoms with van der Waals surface area (Å²) >= 11 is 0. The van der Waals surface area contributed by atoms with Gasteiger partial charge in [0.1, 0.15) is 13.2 Å². The summed E-state index contributed by atoms with van der Waals surface area (Å²) in [5.41, 5.74) is 0. The lowest BCUT2D eigenvalue weighted by atomic mass is 10.0. The minimum absolute atomic E-state index is 0.182. The van der Waals surface area contributed by atoms with Crippen LogP contribution in [0.4, 0.5) is 0 Å². The number of allylic oxidation sites excluding steroid dienone is 8. The number of nitrogens with zero attached hydrogens (tertiary/aromatic N) is 1. The van der Waals surface area contributed by atoms with Crippen LogP contribution in [0, 0.1) is 0 Å². The molecular formula is C64H118NO8+. The molecule has 2 atom stereocenters. The Kier molecular flexibility index (Phi) is 53.4. The van der Waals surface area contributed by atoms with Gasteiger partial charge in [-0.05, 0) is 77.0 Å². The van der Waals surface area contributed by atoms with Gasteiger partial charge in [0, 0.05) is 12.8 Å². The van der Waals surface area contributed by atoms with Crippen LogP contribution in [-0.2, 0) is 33.3 Å². The zero-order chi connectivity index (χ0) is 53.4. The zero-order valence-corrected chi connectivity index (χ0v) is 48.6. The number of hydrogen-bond acceptors (Lipinski definition) is 7. The molecular weight excluding hydrogens is 911 g/mol. The molecule has 2 unspecified atom stereocenters. The lowest BCUT2D eigenvalue weighted by Crippen LogP contribution is -2.40. The molecule has 0 amide bonds. The van der Waals surface area contributed by atoms with E-state index >= 15 is 0 Å². The molecule has 0 radical (unpaired) electrons. The van der Waals surface area contributed by atoms with Gasteiger partial charge in [0.2, 0.25) is 0 Å². The average Bonchev–Trinajstić information content (AvgIpc) is 3.36. The topological polar surface area (TPSA) is 108 Å². The Balaban J connectivity index is 4.20. The minimum atomic E-state index is -1.51. The Bertz CT molecular complexity index is 1340. The fourth-order valence-electron chi connectivity index (χ4n) is 8.78. The highest BCUT2D eigenvalue weighted by molar-refractivity contribution is 5.71. The Labute approximate surface area is 451 Å². The fourth-order valence-corrected chi connectivity index (χ4v) is 8.78. The molecule has 0 aliphatic carbocycles. The van der Waals surface area contributed by atoms with Gasteiger partial charge >= 0.3 is 17.9 Å². The van der Waals surface area contributed by atoms with Crippen molar-refractivity contribution < 1.29 is 42.9 Å². The monoisotopic (exact) mass is 1030 g/mol. The van der Waals surface area contributed by atoms with Crippen LogP contribution < -0.4 is 0 Å². The van der Waals surface area contributed by atoms with Crippen molar-refractivity contribution in [2.45, 2.75) is 296 Å². The summed E-state index contributed by atoms with van der Waals surface area (Å²) in [6, 6.07) is 0. The second-order valence-corrected chi connectivity index (χ2v) is 22.0.